The highest BCUT2D eigenvalue weighted by atomic mass is 35.5. The number of benzene rings is 2. The smallest absolute Gasteiger partial charge is 0.408 e. The fourth-order valence-corrected chi connectivity index (χ4v) is 5.84. The van der Waals surface area contributed by atoms with Gasteiger partial charge in [0.05, 0.1) is 30.3 Å². The Hall–Kier alpha value is -3.69. The molecule has 3 fully saturated rings. The van der Waals surface area contributed by atoms with Crippen molar-refractivity contribution >= 4 is 29.5 Å². The van der Waals surface area contributed by atoms with E-state index in [-0.39, 0.29) is 31.0 Å². The second-order valence-electron chi connectivity index (χ2n) is 11.1. The highest BCUT2D eigenvalue weighted by Crippen LogP contribution is 2.22. The van der Waals surface area contributed by atoms with Gasteiger partial charge in [-0.15, -0.1) is 0 Å². The van der Waals surface area contributed by atoms with Gasteiger partial charge in [-0.3, -0.25) is 19.4 Å². The van der Waals surface area contributed by atoms with Gasteiger partial charge in [-0.1, -0.05) is 35.6 Å². The predicted molar refractivity (Wildman–Crippen MR) is 159 cm³/mol. The Labute approximate surface area is 254 Å². The fraction of sp³-hybridized carbons (Fsp3) is 0.452. The topological polar surface area (TPSA) is 123 Å². The van der Waals surface area contributed by atoms with Crippen LogP contribution in [-0.2, 0) is 16.1 Å². The van der Waals surface area contributed by atoms with Crippen LogP contribution in [-0.4, -0.2) is 103 Å². The molecule has 3 aliphatic rings. The van der Waals surface area contributed by atoms with Gasteiger partial charge in [-0.05, 0) is 42.3 Å². The summed E-state index contributed by atoms with van der Waals surface area (Å²) in [5.41, 5.74) is 3.14. The van der Waals surface area contributed by atoms with Crippen LogP contribution in [0.4, 0.5) is 9.18 Å². The molecule has 2 aromatic rings. The largest absolute Gasteiger partial charge is 0.465 e. The van der Waals surface area contributed by atoms with Gasteiger partial charge in [-0.25, -0.2) is 9.18 Å². The number of alkyl halides is 1. The average molecular weight is 612 g/mol. The molecule has 0 radical (unpaired) electrons. The summed E-state index contributed by atoms with van der Waals surface area (Å²) in [4.78, 5) is 39.9. The summed E-state index contributed by atoms with van der Waals surface area (Å²) in [6, 6.07) is 11.8. The molecule has 43 heavy (non-hydrogen) atoms. The zero-order valence-electron chi connectivity index (χ0n) is 23.7. The van der Waals surface area contributed by atoms with Crippen LogP contribution in [0.3, 0.4) is 0 Å². The summed E-state index contributed by atoms with van der Waals surface area (Å²) in [6.45, 7) is 4.77. The van der Waals surface area contributed by atoms with Gasteiger partial charge in [0.2, 0.25) is 5.91 Å². The van der Waals surface area contributed by atoms with Crippen LogP contribution in [0.5, 0.6) is 0 Å². The number of hydrogen-bond donors (Lipinski definition) is 4. The monoisotopic (exact) mass is 611 g/mol. The SMILES string of the molecule is O=C(NC[C@H]1C[C@@H](NC(=O)[C@@H]2C[C@H](F)CN2C(=O)O)CN1)c1ccc(C#Cc2ccc(CN3CCOCC3)cc2)cc1Cl. The van der Waals surface area contributed by atoms with Crippen LogP contribution < -0.4 is 16.0 Å². The van der Waals surface area contributed by atoms with Crippen molar-refractivity contribution in [2.75, 3.05) is 45.9 Å². The standard InChI is InChI=1S/C31H35ClFN5O5/c32-27-13-21(4-1-20-2-5-22(6-3-20)18-37-9-11-43-12-10-37)7-8-26(27)29(39)35-16-24-15-25(17-34-24)36-30(40)28-14-23(33)19-38(28)31(41)42/h2-3,5-8,13,23-25,28,34H,9-12,14-19H2,(H,35,39)(H,36,40)(H,41,42)/t23-,24+,25+,28-/m0/s1. The van der Waals surface area contributed by atoms with Crippen LogP contribution in [0.15, 0.2) is 42.5 Å². The van der Waals surface area contributed by atoms with E-state index >= 15 is 0 Å². The van der Waals surface area contributed by atoms with Crippen molar-refractivity contribution in [1.82, 2.24) is 25.8 Å². The maximum Gasteiger partial charge on any atom is 0.408 e. The van der Waals surface area contributed by atoms with Crippen LogP contribution in [0.2, 0.25) is 5.02 Å². The molecule has 3 amide bonds. The molecule has 0 unspecified atom stereocenters. The van der Waals surface area contributed by atoms with E-state index in [0.29, 0.717) is 35.7 Å². The number of morpholine rings is 1. The number of carboxylic acid groups (broad SMARTS) is 1. The van der Waals surface area contributed by atoms with Crippen molar-refractivity contribution in [3.63, 3.8) is 0 Å². The van der Waals surface area contributed by atoms with Crippen molar-refractivity contribution in [1.29, 1.82) is 0 Å². The molecule has 0 aliphatic carbocycles. The van der Waals surface area contributed by atoms with Gasteiger partial charge in [0, 0.05) is 62.4 Å². The maximum absolute atomic E-state index is 13.7. The molecule has 2 aromatic carbocycles. The van der Waals surface area contributed by atoms with Crippen LogP contribution >= 0.6 is 11.6 Å². The first-order chi connectivity index (χ1) is 20.7. The van der Waals surface area contributed by atoms with E-state index in [1.807, 2.05) is 12.1 Å². The number of amides is 3. The molecule has 12 heteroatoms. The molecule has 3 aliphatic heterocycles. The normalized spacial score (nSPS) is 23.8. The number of ether oxygens (including phenoxy) is 1. The highest BCUT2D eigenvalue weighted by molar-refractivity contribution is 6.34. The Kier molecular flexibility index (Phi) is 10.1. The minimum absolute atomic E-state index is 0.105. The first-order valence-corrected chi connectivity index (χ1v) is 14.8. The summed E-state index contributed by atoms with van der Waals surface area (Å²) in [6.07, 6.45) is -2.28. The Balaban J connectivity index is 1.08. The third-order valence-electron chi connectivity index (χ3n) is 7.90. The number of carbonyl (C=O) groups excluding carboxylic acids is 2. The van der Waals surface area contributed by atoms with Gasteiger partial charge in [0.25, 0.3) is 5.91 Å². The zero-order valence-corrected chi connectivity index (χ0v) is 24.4. The number of carbonyl (C=O) groups is 3. The lowest BCUT2D eigenvalue weighted by molar-refractivity contribution is -0.125. The lowest BCUT2D eigenvalue weighted by Crippen LogP contribution is -2.49. The Morgan fingerprint density at radius 3 is 2.51 bits per heavy atom. The fourth-order valence-electron chi connectivity index (χ4n) is 5.57. The Morgan fingerprint density at radius 2 is 1.79 bits per heavy atom. The molecule has 4 N–H and O–H groups in total. The summed E-state index contributed by atoms with van der Waals surface area (Å²) in [5.74, 6) is 5.42. The lowest BCUT2D eigenvalue weighted by Gasteiger charge is -2.26. The summed E-state index contributed by atoms with van der Waals surface area (Å²) in [5, 5.41) is 18.4. The highest BCUT2D eigenvalue weighted by Gasteiger charge is 2.41. The molecule has 10 nitrogen and oxygen atoms in total. The van der Waals surface area contributed by atoms with Gasteiger partial charge in [-0.2, -0.15) is 0 Å². The van der Waals surface area contributed by atoms with Crippen molar-refractivity contribution in [3.05, 3.63) is 69.7 Å². The minimum atomic E-state index is -1.35. The molecule has 3 heterocycles. The third kappa shape index (κ3) is 8.24. The Morgan fingerprint density at radius 1 is 1.07 bits per heavy atom. The number of nitrogens with one attached hydrogen (secondary N) is 3. The molecule has 0 aromatic heterocycles. The number of hydrogen-bond acceptors (Lipinski definition) is 6. The number of halogens is 2. The van der Waals surface area contributed by atoms with E-state index in [4.69, 9.17) is 16.3 Å². The third-order valence-corrected chi connectivity index (χ3v) is 8.22. The van der Waals surface area contributed by atoms with E-state index in [0.717, 1.165) is 43.3 Å². The Bertz CT molecular complexity index is 1390. The molecule has 5 rings (SSSR count). The zero-order chi connectivity index (χ0) is 30.3. The second kappa shape index (κ2) is 14.2. The molecular formula is C31H35ClFN5O5. The minimum Gasteiger partial charge on any atom is -0.465 e. The molecule has 0 bridgehead atoms. The summed E-state index contributed by atoms with van der Waals surface area (Å²) < 4.78 is 19.1. The van der Waals surface area contributed by atoms with E-state index < -0.39 is 24.2 Å². The lowest BCUT2D eigenvalue weighted by atomic mass is 10.1. The van der Waals surface area contributed by atoms with Gasteiger partial charge >= 0.3 is 6.09 Å². The van der Waals surface area contributed by atoms with Gasteiger partial charge in [0.1, 0.15) is 12.2 Å². The van der Waals surface area contributed by atoms with Crippen LogP contribution in [0.1, 0.15) is 39.9 Å². The first-order valence-electron chi connectivity index (χ1n) is 14.4. The van der Waals surface area contributed by atoms with Gasteiger partial charge in [0.15, 0.2) is 0 Å². The molecule has 3 saturated heterocycles. The van der Waals surface area contributed by atoms with E-state index in [1.165, 1.54) is 5.56 Å². The van der Waals surface area contributed by atoms with E-state index in [2.05, 4.69) is 44.8 Å². The molecule has 228 valence electrons. The second-order valence-corrected chi connectivity index (χ2v) is 11.5. The molecule has 0 spiro atoms. The summed E-state index contributed by atoms with van der Waals surface area (Å²) in [7, 11) is 0. The van der Waals surface area contributed by atoms with Crippen LogP contribution in [0, 0.1) is 11.8 Å². The molecule has 0 saturated carbocycles. The molecular weight excluding hydrogens is 577 g/mol. The quantitative estimate of drug-likeness (QED) is 0.354. The van der Waals surface area contributed by atoms with E-state index in [9.17, 15) is 23.9 Å². The maximum atomic E-state index is 13.7. The molecule has 4 atom stereocenters. The van der Waals surface area contributed by atoms with Gasteiger partial charge < -0.3 is 25.8 Å². The number of rotatable bonds is 7. The van der Waals surface area contributed by atoms with Crippen LogP contribution in [0.25, 0.3) is 0 Å². The predicted octanol–water partition coefficient (Wildman–Crippen LogP) is 2.24. The first kappa shape index (κ1) is 30.8. The van der Waals surface area contributed by atoms with Crippen molar-refractivity contribution in [2.24, 2.45) is 0 Å². The van der Waals surface area contributed by atoms with Crippen molar-refractivity contribution < 1.29 is 28.6 Å². The summed E-state index contributed by atoms with van der Waals surface area (Å²) >= 11 is 6.42. The van der Waals surface area contributed by atoms with Crippen molar-refractivity contribution in [2.45, 2.75) is 43.7 Å². The number of nitrogens with zero attached hydrogens (tertiary/aromatic N) is 2. The van der Waals surface area contributed by atoms with E-state index in [1.54, 1.807) is 18.2 Å². The van der Waals surface area contributed by atoms with Crippen molar-refractivity contribution in [3.8, 4) is 11.8 Å². The number of likely N-dealkylation sites (tertiary alicyclic amines) is 1. The average Bonchev–Trinajstić information content (AvgIpc) is 3.62.